The van der Waals surface area contributed by atoms with E-state index in [2.05, 4.69) is 15.3 Å². The van der Waals surface area contributed by atoms with Crippen LogP contribution >= 0.6 is 0 Å². The summed E-state index contributed by atoms with van der Waals surface area (Å²) in [4.78, 5) is 8.34. The van der Waals surface area contributed by atoms with E-state index < -0.39 is 0 Å². The second-order valence-electron chi connectivity index (χ2n) is 4.32. The molecule has 0 aliphatic rings. The highest BCUT2D eigenvalue weighted by Crippen LogP contribution is 2.20. The van der Waals surface area contributed by atoms with Crippen molar-refractivity contribution in [2.45, 2.75) is 26.7 Å². The molecule has 0 radical (unpaired) electrons. The molecule has 6 heteroatoms. The first kappa shape index (κ1) is 16.7. The number of nitrogens with zero attached hydrogens (tertiary/aromatic N) is 2. The van der Waals surface area contributed by atoms with Crippen molar-refractivity contribution in [2.24, 2.45) is 0 Å². The number of hydrogen-bond donors (Lipinski definition) is 1. The van der Waals surface area contributed by atoms with Crippen LogP contribution < -0.4 is 10.1 Å². The van der Waals surface area contributed by atoms with Crippen molar-refractivity contribution in [3.05, 3.63) is 11.9 Å². The Morgan fingerprint density at radius 3 is 2.75 bits per heavy atom. The topological polar surface area (TPSA) is 65.5 Å². The lowest BCUT2D eigenvalue weighted by Crippen LogP contribution is -2.09. The van der Waals surface area contributed by atoms with E-state index in [9.17, 15) is 0 Å². The van der Waals surface area contributed by atoms with Crippen LogP contribution in [0.1, 0.15) is 25.3 Å². The number of hydrogen-bond acceptors (Lipinski definition) is 6. The summed E-state index contributed by atoms with van der Waals surface area (Å²) >= 11 is 0. The Labute approximate surface area is 120 Å². The van der Waals surface area contributed by atoms with Crippen LogP contribution in [0.5, 0.6) is 5.88 Å². The molecule has 6 nitrogen and oxygen atoms in total. The predicted octanol–water partition coefficient (Wildman–Crippen LogP) is 2.04. The Kier molecular flexibility index (Phi) is 8.66. The molecule has 0 aliphatic carbocycles. The molecule has 20 heavy (non-hydrogen) atoms. The summed E-state index contributed by atoms with van der Waals surface area (Å²) in [6.45, 7) is 7.44. The van der Waals surface area contributed by atoms with Gasteiger partial charge in [0.05, 0.1) is 25.4 Å². The maximum Gasteiger partial charge on any atom is 0.221 e. The second-order valence-corrected chi connectivity index (χ2v) is 4.32. The minimum absolute atomic E-state index is 0.607. The number of unbranched alkanes of at least 4 members (excludes halogenated alkanes) is 1. The van der Waals surface area contributed by atoms with Crippen molar-refractivity contribution in [1.82, 2.24) is 9.97 Å². The molecule has 114 valence electrons. The molecule has 0 bridgehead atoms. The van der Waals surface area contributed by atoms with Crippen LogP contribution in [0.2, 0.25) is 0 Å². The zero-order chi connectivity index (χ0) is 14.6. The Bertz CT molecular complexity index is 375. The first-order valence-corrected chi connectivity index (χ1v) is 7.04. The van der Waals surface area contributed by atoms with Gasteiger partial charge in [0.25, 0.3) is 0 Å². The van der Waals surface area contributed by atoms with Gasteiger partial charge in [-0.05, 0) is 26.7 Å². The fourth-order valence-electron chi connectivity index (χ4n) is 1.67. The van der Waals surface area contributed by atoms with Crippen molar-refractivity contribution in [3.8, 4) is 5.88 Å². The lowest BCUT2D eigenvalue weighted by molar-refractivity contribution is 0.0691. The quantitative estimate of drug-likeness (QED) is 0.627. The van der Waals surface area contributed by atoms with Crippen LogP contribution in [-0.2, 0) is 9.47 Å². The third-order valence-corrected chi connectivity index (χ3v) is 2.76. The van der Waals surface area contributed by atoms with E-state index in [0.717, 1.165) is 37.4 Å². The Morgan fingerprint density at radius 2 is 2.00 bits per heavy atom. The Hall–Kier alpha value is -1.40. The fraction of sp³-hybridized carbons (Fsp3) is 0.714. The van der Waals surface area contributed by atoms with Gasteiger partial charge in [0, 0.05) is 20.3 Å². The zero-order valence-electron chi connectivity index (χ0n) is 12.6. The summed E-state index contributed by atoms with van der Waals surface area (Å²) in [5.74, 6) is 1.48. The van der Waals surface area contributed by atoms with E-state index in [4.69, 9.17) is 14.2 Å². The van der Waals surface area contributed by atoms with Crippen LogP contribution in [0.4, 0.5) is 5.82 Å². The minimum Gasteiger partial charge on any atom is -0.478 e. The molecule has 1 aromatic rings. The normalized spacial score (nSPS) is 10.6. The summed E-state index contributed by atoms with van der Waals surface area (Å²) in [6, 6.07) is 0. The average molecular weight is 283 g/mol. The number of rotatable bonds is 11. The van der Waals surface area contributed by atoms with Gasteiger partial charge >= 0.3 is 0 Å². The van der Waals surface area contributed by atoms with E-state index in [-0.39, 0.29) is 0 Å². The minimum atomic E-state index is 0.607. The van der Waals surface area contributed by atoms with E-state index in [1.54, 1.807) is 7.11 Å². The van der Waals surface area contributed by atoms with Crippen molar-refractivity contribution in [2.75, 3.05) is 45.4 Å². The standard InChI is InChI=1S/C14H25N3O3/c1-4-20-14-12(2)13(16-11-17-14)15-7-5-6-8-19-10-9-18-3/h11H,4-10H2,1-3H3,(H,15,16,17). The smallest absolute Gasteiger partial charge is 0.221 e. The largest absolute Gasteiger partial charge is 0.478 e. The first-order valence-electron chi connectivity index (χ1n) is 7.04. The average Bonchev–Trinajstić information content (AvgIpc) is 2.45. The summed E-state index contributed by atoms with van der Waals surface area (Å²) in [5.41, 5.74) is 0.950. The maximum absolute atomic E-state index is 5.44. The van der Waals surface area contributed by atoms with Crippen molar-refractivity contribution < 1.29 is 14.2 Å². The molecule has 1 N–H and O–H groups in total. The van der Waals surface area contributed by atoms with E-state index in [1.807, 2.05) is 13.8 Å². The van der Waals surface area contributed by atoms with Gasteiger partial charge in [-0.25, -0.2) is 9.97 Å². The number of nitrogens with one attached hydrogen (secondary N) is 1. The molecular formula is C14H25N3O3. The molecule has 0 amide bonds. The molecule has 1 heterocycles. The molecule has 0 aromatic carbocycles. The van der Waals surface area contributed by atoms with Gasteiger partial charge in [-0.2, -0.15) is 0 Å². The fourth-order valence-corrected chi connectivity index (χ4v) is 1.67. The monoisotopic (exact) mass is 283 g/mol. The van der Waals surface area contributed by atoms with Crippen molar-refractivity contribution in [3.63, 3.8) is 0 Å². The molecule has 0 spiro atoms. The van der Waals surface area contributed by atoms with Crippen LogP contribution in [0, 0.1) is 6.92 Å². The summed E-state index contributed by atoms with van der Waals surface area (Å²) in [6.07, 6.45) is 3.56. The van der Waals surface area contributed by atoms with Crippen molar-refractivity contribution in [1.29, 1.82) is 0 Å². The highest BCUT2D eigenvalue weighted by Gasteiger charge is 2.06. The predicted molar refractivity (Wildman–Crippen MR) is 78.4 cm³/mol. The molecular weight excluding hydrogens is 258 g/mol. The number of methoxy groups -OCH3 is 1. The highest BCUT2D eigenvalue weighted by molar-refractivity contribution is 5.47. The SMILES string of the molecule is CCOc1ncnc(NCCCCOCCOC)c1C. The van der Waals surface area contributed by atoms with Crippen LogP contribution in [-0.4, -0.2) is 50.1 Å². The second kappa shape index (κ2) is 10.4. The summed E-state index contributed by atoms with van der Waals surface area (Å²) in [7, 11) is 1.67. The van der Waals surface area contributed by atoms with E-state index in [0.29, 0.717) is 25.7 Å². The van der Waals surface area contributed by atoms with Crippen LogP contribution in [0.25, 0.3) is 0 Å². The van der Waals surface area contributed by atoms with E-state index >= 15 is 0 Å². The lowest BCUT2D eigenvalue weighted by atomic mass is 10.3. The van der Waals surface area contributed by atoms with Gasteiger partial charge in [-0.15, -0.1) is 0 Å². The van der Waals surface area contributed by atoms with Crippen LogP contribution in [0.15, 0.2) is 6.33 Å². The number of anilines is 1. The maximum atomic E-state index is 5.44. The molecule has 0 fully saturated rings. The highest BCUT2D eigenvalue weighted by atomic mass is 16.5. The summed E-state index contributed by atoms with van der Waals surface area (Å²) in [5, 5.41) is 3.30. The van der Waals surface area contributed by atoms with Crippen molar-refractivity contribution >= 4 is 5.82 Å². The Morgan fingerprint density at radius 1 is 1.15 bits per heavy atom. The van der Waals surface area contributed by atoms with E-state index in [1.165, 1.54) is 6.33 Å². The molecule has 0 atom stereocenters. The number of ether oxygens (including phenoxy) is 3. The number of aromatic nitrogens is 2. The van der Waals surface area contributed by atoms with Gasteiger partial charge < -0.3 is 19.5 Å². The third kappa shape index (κ3) is 6.16. The molecule has 1 aromatic heterocycles. The zero-order valence-corrected chi connectivity index (χ0v) is 12.6. The van der Waals surface area contributed by atoms with Gasteiger partial charge in [-0.1, -0.05) is 0 Å². The van der Waals surface area contributed by atoms with Gasteiger partial charge in [0.1, 0.15) is 12.1 Å². The molecule has 0 aliphatic heterocycles. The van der Waals surface area contributed by atoms with Gasteiger partial charge in [0.15, 0.2) is 0 Å². The third-order valence-electron chi connectivity index (χ3n) is 2.76. The first-order chi connectivity index (χ1) is 9.79. The molecule has 0 saturated carbocycles. The molecule has 1 rings (SSSR count). The Balaban J connectivity index is 2.20. The molecule has 0 unspecified atom stereocenters. The van der Waals surface area contributed by atoms with Gasteiger partial charge in [0.2, 0.25) is 5.88 Å². The van der Waals surface area contributed by atoms with Gasteiger partial charge in [-0.3, -0.25) is 0 Å². The molecule has 0 saturated heterocycles. The lowest BCUT2D eigenvalue weighted by Gasteiger charge is -2.11. The summed E-state index contributed by atoms with van der Waals surface area (Å²) < 4.78 is 15.7. The van der Waals surface area contributed by atoms with Crippen LogP contribution in [0.3, 0.4) is 0 Å².